The average Bonchev–Trinajstić information content (AvgIpc) is 3.45. The molecule has 3 aromatic rings. The summed E-state index contributed by atoms with van der Waals surface area (Å²) in [5.74, 6) is -0.452. The monoisotopic (exact) mass is 482 g/mol. The number of carbonyl (C=O) groups is 2. The van der Waals surface area contributed by atoms with E-state index in [4.69, 9.17) is 4.52 Å². The van der Waals surface area contributed by atoms with Gasteiger partial charge in [0.05, 0.1) is 4.90 Å². The third-order valence-electron chi connectivity index (χ3n) is 5.74. The maximum absolute atomic E-state index is 13.5. The normalized spacial score (nSPS) is 16.3. The molecule has 1 atom stereocenters. The third-order valence-corrected chi connectivity index (χ3v) is 7.58. The summed E-state index contributed by atoms with van der Waals surface area (Å²) in [4.78, 5) is 32.0. The number of sulfonamides is 1. The smallest absolute Gasteiger partial charge is 0.267 e. The fourth-order valence-corrected chi connectivity index (χ4v) is 5.48. The predicted octanol–water partition coefficient (Wildman–Crippen LogP) is 3.16. The van der Waals surface area contributed by atoms with Gasteiger partial charge in [0.25, 0.3) is 10.0 Å². The Labute approximate surface area is 198 Å². The molecule has 0 N–H and O–H groups in total. The highest BCUT2D eigenvalue weighted by Crippen LogP contribution is 2.29. The SMILES string of the molecule is Cc1ccc(S(=O)(=O)N2C(=O)CC[C@@H]2C(=O)N(Cc2nc(-c3ccccc3)no2)C(C)C)cc1. The summed E-state index contributed by atoms with van der Waals surface area (Å²) in [7, 11) is -4.18. The number of nitrogens with zero attached hydrogens (tertiary/aromatic N) is 4. The Balaban J connectivity index is 1.59. The van der Waals surface area contributed by atoms with Crippen LogP contribution in [0.25, 0.3) is 11.4 Å². The minimum Gasteiger partial charge on any atom is -0.337 e. The van der Waals surface area contributed by atoms with E-state index < -0.39 is 27.9 Å². The van der Waals surface area contributed by atoms with E-state index in [1.165, 1.54) is 17.0 Å². The third kappa shape index (κ3) is 4.58. The average molecular weight is 483 g/mol. The standard InChI is InChI=1S/C24H26N4O5S/c1-16(2)27(15-21-25-23(26-33-21)18-7-5-4-6-8-18)24(30)20-13-14-22(29)28(20)34(31,32)19-11-9-17(3)10-12-19/h4-12,16,20H,13-15H2,1-3H3/t20-/m1/s1. The maximum atomic E-state index is 13.5. The molecule has 0 radical (unpaired) electrons. The van der Waals surface area contributed by atoms with Crippen LogP contribution in [0.3, 0.4) is 0 Å². The van der Waals surface area contributed by atoms with Crippen LogP contribution in [0.15, 0.2) is 64.0 Å². The summed E-state index contributed by atoms with van der Waals surface area (Å²) in [6.45, 7) is 5.45. The molecule has 178 valence electrons. The summed E-state index contributed by atoms with van der Waals surface area (Å²) in [5, 5.41) is 3.98. The second kappa shape index (κ2) is 9.38. The van der Waals surface area contributed by atoms with E-state index in [1.807, 2.05) is 51.1 Å². The van der Waals surface area contributed by atoms with Gasteiger partial charge in [0.1, 0.15) is 12.6 Å². The lowest BCUT2D eigenvalue weighted by Crippen LogP contribution is -2.50. The molecule has 2 aromatic carbocycles. The van der Waals surface area contributed by atoms with Gasteiger partial charge in [0.2, 0.25) is 23.5 Å². The van der Waals surface area contributed by atoms with E-state index in [-0.39, 0.29) is 36.2 Å². The number of carbonyl (C=O) groups excluding carboxylic acids is 2. The van der Waals surface area contributed by atoms with Crippen LogP contribution in [0, 0.1) is 6.92 Å². The topological polar surface area (TPSA) is 114 Å². The van der Waals surface area contributed by atoms with Crippen LogP contribution in [-0.4, -0.2) is 51.7 Å². The first kappa shape index (κ1) is 23.6. The number of benzene rings is 2. The van der Waals surface area contributed by atoms with E-state index in [9.17, 15) is 18.0 Å². The van der Waals surface area contributed by atoms with Gasteiger partial charge in [0, 0.05) is 18.0 Å². The molecular weight excluding hydrogens is 456 g/mol. The van der Waals surface area contributed by atoms with Gasteiger partial charge in [-0.25, -0.2) is 12.7 Å². The predicted molar refractivity (Wildman–Crippen MR) is 124 cm³/mol. The first-order chi connectivity index (χ1) is 16.2. The van der Waals surface area contributed by atoms with E-state index in [2.05, 4.69) is 10.1 Å². The summed E-state index contributed by atoms with van der Waals surface area (Å²) in [6, 6.07) is 14.1. The zero-order valence-electron chi connectivity index (χ0n) is 19.2. The van der Waals surface area contributed by atoms with Crippen molar-refractivity contribution in [3.05, 3.63) is 66.1 Å². The molecule has 10 heteroatoms. The van der Waals surface area contributed by atoms with Crippen LogP contribution in [0.5, 0.6) is 0 Å². The number of aryl methyl sites for hydroxylation is 1. The van der Waals surface area contributed by atoms with Crippen LogP contribution >= 0.6 is 0 Å². The van der Waals surface area contributed by atoms with Crippen molar-refractivity contribution in [2.45, 2.75) is 57.1 Å². The second-order valence-electron chi connectivity index (χ2n) is 8.50. The van der Waals surface area contributed by atoms with E-state index in [0.717, 1.165) is 15.4 Å². The van der Waals surface area contributed by atoms with Crippen LogP contribution in [0.1, 0.15) is 38.1 Å². The van der Waals surface area contributed by atoms with Gasteiger partial charge in [-0.2, -0.15) is 4.98 Å². The second-order valence-corrected chi connectivity index (χ2v) is 10.3. The summed E-state index contributed by atoms with van der Waals surface area (Å²) < 4.78 is 32.6. The number of rotatable bonds is 7. The molecule has 2 amide bonds. The Bertz CT molecular complexity index is 1290. The van der Waals surface area contributed by atoms with Gasteiger partial charge in [-0.05, 0) is 39.3 Å². The largest absolute Gasteiger partial charge is 0.337 e. The Kier molecular flexibility index (Phi) is 6.52. The Morgan fingerprint density at radius 3 is 2.47 bits per heavy atom. The van der Waals surface area contributed by atoms with Crippen LogP contribution in [0.2, 0.25) is 0 Å². The lowest BCUT2D eigenvalue weighted by molar-refractivity contribution is -0.140. The molecule has 34 heavy (non-hydrogen) atoms. The van der Waals surface area contributed by atoms with Crippen molar-refractivity contribution in [3.63, 3.8) is 0 Å². The Morgan fingerprint density at radius 1 is 1.15 bits per heavy atom. The van der Waals surface area contributed by atoms with Crippen LogP contribution < -0.4 is 0 Å². The van der Waals surface area contributed by atoms with Gasteiger partial charge in [-0.1, -0.05) is 53.2 Å². The number of aromatic nitrogens is 2. The minimum atomic E-state index is -4.18. The molecule has 9 nitrogen and oxygen atoms in total. The van der Waals surface area contributed by atoms with E-state index in [0.29, 0.717) is 5.82 Å². The molecule has 1 aromatic heterocycles. The van der Waals surface area contributed by atoms with Gasteiger partial charge in [0.15, 0.2) is 0 Å². The highest BCUT2D eigenvalue weighted by molar-refractivity contribution is 7.89. The van der Waals surface area contributed by atoms with Crippen molar-refractivity contribution < 1.29 is 22.5 Å². The highest BCUT2D eigenvalue weighted by atomic mass is 32.2. The molecule has 0 aliphatic carbocycles. The Hall–Kier alpha value is -3.53. The van der Waals surface area contributed by atoms with Gasteiger partial charge in [-0.3, -0.25) is 9.59 Å². The molecule has 4 rings (SSSR count). The molecule has 1 fully saturated rings. The summed E-state index contributed by atoms with van der Waals surface area (Å²) >= 11 is 0. The molecular formula is C24H26N4O5S. The summed E-state index contributed by atoms with van der Waals surface area (Å²) in [5.41, 5.74) is 1.66. The lowest BCUT2D eigenvalue weighted by atomic mass is 10.1. The maximum Gasteiger partial charge on any atom is 0.267 e. The van der Waals surface area contributed by atoms with Crippen molar-refractivity contribution in [2.75, 3.05) is 0 Å². The fourth-order valence-electron chi connectivity index (χ4n) is 3.89. The van der Waals surface area contributed by atoms with Crippen molar-refractivity contribution in [3.8, 4) is 11.4 Å². The minimum absolute atomic E-state index is 0.000552. The summed E-state index contributed by atoms with van der Waals surface area (Å²) in [6.07, 6.45) is 0.0945. The van der Waals surface area contributed by atoms with Crippen LogP contribution in [-0.2, 0) is 26.2 Å². The van der Waals surface area contributed by atoms with Crippen molar-refractivity contribution in [2.24, 2.45) is 0 Å². The van der Waals surface area contributed by atoms with Crippen molar-refractivity contribution in [1.29, 1.82) is 0 Å². The molecule has 0 bridgehead atoms. The molecule has 1 saturated heterocycles. The molecule has 0 unspecified atom stereocenters. The van der Waals surface area contributed by atoms with Crippen molar-refractivity contribution in [1.82, 2.24) is 19.3 Å². The molecule has 0 spiro atoms. The fraction of sp³-hybridized carbons (Fsp3) is 0.333. The van der Waals surface area contributed by atoms with Crippen LogP contribution in [0.4, 0.5) is 0 Å². The van der Waals surface area contributed by atoms with E-state index in [1.54, 1.807) is 12.1 Å². The number of hydrogen-bond donors (Lipinski definition) is 0. The molecule has 0 saturated carbocycles. The Morgan fingerprint density at radius 2 is 1.82 bits per heavy atom. The van der Waals surface area contributed by atoms with Gasteiger partial charge in [-0.15, -0.1) is 0 Å². The van der Waals surface area contributed by atoms with Gasteiger partial charge < -0.3 is 9.42 Å². The lowest BCUT2D eigenvalue weighted by Gasteiger charge is -2.31. The molecule has 1 aliphatic heterocycles. The quantitative estimate of drug-likeness (QED) is 0.508. The molecule has 2 heterocycles. The van der Waals surface area contributed by atoms with Crippen molar-refractivity contribution >= 4 is 21.8 Å². The molecule has 1 aliphatic rings. The van der Waals surface area contributed by atoms with Gasteiger partial charge >= 0.3 is 0 Å². The first-order valence-electron chi connectivity index (χ1n) is 11.0. The zero-order chi connectivity index (χ0) is 24.5. The highest BCUT2D eigenvalue weighted by Gasteiger charge is 2.46. The van der Waals surface area contributed by atoms with E-state index >= 15 is 0 Å². The first-order valence-corrected chi connectivity index (χ1v) is 12.4. The number of amides is 2. The number of hydrogen-bond acceptors (Lipinski definition) is 7. The zero-order valence-corrected chi connectivity index (χ0v) is 20.0.